The van der Waals surface area contributed by atoms with Crippen LogP contribution < -0.4 is 0 Å². The molecule has 0 saturated carbocycles. The Morgan fingerprint density at radius 2 is 2.21 bits per heavy atom. The van der Waals surface area contributed by atoms with Crippen LogP contribution in [-0.2, 0) is 11.3 Å². The molecule has 0 radical (unpaired) electrons. The average Bonchev–Trinajstić information content (AvgIpc) is 2.77. The lowest BCUT2D eigenvalue weighted by Gasteiger charge is -2.14. The van der Waals surface area contributed by atoms with Gasteiger partial charge in [0.25, 0.3) is 0 Å². The number of pyridine rings is 1. The summed E-state index contributed by atoms with van der Waals surface area (Å²) in [6.07, 6.45) is 2.59. The number of aromatic nitrogens is 3. The van der Waals surface area contributed by atoms with Crippen molar-refractivity contribution in [1.82, 2.24) is 14.8 Å². The number of aryl methyl sites for hydroxylation is 1. The van der Waals surface area contributed by atoms with Crippen molar-refractivity contribution in [3.63, 3.8) is 0 Å². The fourth-order valence-corrected chi connectivity index (χ4v) is 2.31. The molecule has 0 saturated heterocycles. The minimum absolute atomic E-state index is 0.542. The molecule has 2 aromatic rings. The molecule has 0 aliphatic carbocycles. The van der Waals surface area contributed by atoms with Crippen LogP contribution in [0.1, 0.15) is 23.1 Å². The van der Waals surface area contributed by atoms with Gasteiger partial charge in [0.05, 0.1) is 29.5 Å². The zero-order valence-electron chi connectivity index (χ0n) is 10.9. The average molecular weight is 326 g/mol. The van der Waals surface area contributed by atoms with Gasteiger partial charge in [0.1, 0.15) is 6.10 Å². The third-order valence-corrected chi connectivity index (χ3v) is 3.46. The van der Waals surface area contributed by atoms with Gasteiger partial charge in [-0.2, -0.15) is 5.10 Å². The monoisotopic (exact) mass is 325 g/mol. The highest BCUT2D eigenvalue weighted by Crippen LogP contribution is 2.28. The molecule has 0 bridgehead atoms. The van der Waals surface area contributed by atoms with E-state index in [1.54, 1.807) is 24.2 Å². The second-order valence-corrected chi connectivity index (χ2v) is 5.08. The Kier molecular flexibility index (Phi) is 4.68. The van der Waals surface area contributed by atoms with E-state index in [-0.39, 0.29) is 0 Å². The zero-order chi connectivity index (χ0) is 13.8. The molecule has 0 spiro atoms. The van der Waals surface area contributed by atoms with E-state index in [0.29, 0.717) is 18.8 Å². The Morgan fingerprint density at radius 3 is 2.84 bits per heavy atom. The highest BCUT2D eigenvalue weighted by molar-refractivity contribution is 9.10. The second-order valence-electron chi connectivity index (χ2n) is 4.23. The van der Waals surface area contributed by atoms with Crippen molar-refractivity contribution in [2.75, 3.05) is 13.7 Å². The van der Waals surface area contributed by atoms with Gasteiger partial charge in [-0.15, -0.1) is 0 Å². The molecular weight excluding hydrogens is 310 g/mol. The number of nitrogens with zero attached hydrogens (tertiary/aromatic N) is 3. The maximum atomic E-state index is 10.5. The van der Waals surface area contributed by atoms with Crippen LogP contribution in [-0.4, -0.2) is 33.6 Å². The van der Waals surface area contributed by atoms with Crippen molar-refractivity contribution in [2.45, 2.75) is 19.6 Å². The van der Waals surface area contributed by atoms with Gasteiger partial charge < -0.3 is 9.84 Å². The molecule has 0 fully saturated rings. The summed E-state index contributed by atoms with van der Waals surface area (Å²) in [5.41, 5.74) is 2.37. The fraction of sp³-hybridized carbons (Fsp3) is 0.385. The van der Waals surface area contributed by atoms with E-state index in [0.717, 1.165) is 15.7 Å². The Labute approximate surface area is 120 Å². The summed E-state index contributed by atoms with van der Waals surface area (Å²) < 4.78 is 7.55. The number of hydrogen-bond acceptors (Lipinski definition) is 4. The molecule has 0 aliphatic heterocycles. The van der Waals surface area contributed by atoms with Crippen LogP contribution in [0.4, 0.5) is 0 Å². The highest BCUT2D eigenvalue weighted by Gasteiger charge is 2.19. The predicted octanol–water partition coefficient (Wildman–Crippen LogP) is 2.08. The summed E-state index contributed by atoms with van der Waals surface area (Å²) in [4.78, 5) is 4.20. The van der Waals surface area contributed by atoms with E-state index in [1.165, 1.54) is 0 Å². The van der Waals surface area contributed by atoms with Crippen LogP contribution in [0.5, 0.6) is 0 Å². The molecule has 102 valence electrons. The topological polar surface area (TPSA) is 60.2 Å². The van der Waals surface area contributed by atoms with E-state index in [9.17, 15) is 5.11 Å². The normalized spacial score (nSPS) is 12.6. The minimum atomic E-state index is -0.762. The summed E-state index contributed by atoms with van der Waals surface area (Å²) in [6.45, 7) is 3.04. The maximum absolute atomic E-state index is 10.5. The van der Waals surface area contributed by atoms with E-state index >= 15 is 0 Å². The van der Waals surface area contributed by atoms with Crippen LogP contribution >= 0.6 is 15.9 Å². The van der Waals surface area contributed by atoms with Gasteiger partial charge >= 0.3 is 0 Å². The van der Waals surface area contributed by atoms with E-state index in [2.05, 4.69) is 26.0 Å². The molecule has 2 heterocycles. The number of aliphatic hydroxyl groups excluding tert-OH is 1. The molecule has 19 heavy (non-hydrogen) atoms. The highest BCUT2D eigenvalue weighted by atomic mass is 79.9. The Balaban J connectivity index is 2.29. The number of rotatable bonds is 5. The van der Waals surface area contributed by atoms with Crippen molar-refractivity contribution in [1.29, 1.82) is 0 Å². The standard InChI is InChI=1S/C13H16BrN3O2/c1-9-3-4-10(7-15-9)13(18)12-11(14)8-16-17(12)5-6-19-2/h3-4,7-8,13,18H,5-6H2,1-2H3. The lowest BCUT2D eigenvalue weighted by molar-refractivity contribution is 0.171. The first-order valence-corrected chi connectivity index (χ1v) is 6.73. The van der Waals surface area contributed by atoms with Gasteiger partial charge in [0.15, 0.2) is 0 Å². The summed E-state index contributed by atoms with van der Waals surface area (Å²) in [5, 5.41) is 14.7. The number of hydrogen-bond donors (Lipinski definition) is 1. The molecule has 1 atom stereocenters. The molecule has 2 rings (SSSR count). The minimum Gasteiger partial charge on any atom is -0.383 e. The van der Waals surface area contributed by atoms with Crippen LogP contribution in [0.2, 0.25) is 0 Å². The summed E-state index contributed by atoms with van der Waals surface area (Å²) in [6, 6.07) is 3.75. The lowest BCUT2D eigenvalue weighted by atomic mass is 10.1. The number of ether oxygens (including phenoxy) is 1. The van der Waals surface area contributed by atoms with Gasteiger partial charge in [-0.05, 0) is 28.9 Å². The molecule has 1 unspecified atom stereocenters. The van der Waals surface area contributed by atoms with Crippen LogP contribution in [0.25, 0.3) is 0 Å². The van der Waals surface area contributed by atoms with Gasteiger partial charge in [0.2, 0.25) is 0 Å². The SMILES string of the molecule is COCCn1ncc(Br)c1C(O)c1ccc(C)nc1. The van der Waals surface area contributed by atoms with Crippen LogP contribution in [0, 0.1) is 6.92 Å². The van der Waals surface area contributed by atoms with Crippen LogP contribution in [0.3, 0.4) is 0 Å². The van der Waals surface area contributed by atoms with E-state index in [4.69, 9.17) is 4.74 Å². The molecule has 2 aromatic heterocycles. The quantitative estimate of drug-likeness (QED) is 0.914. The first-order chi connectivity index (χ1) is 9.13. The third kappa shape index (κ3) is 3.20. The van der Waals surface area contributed by atoms with E-state index in [1.807, 2.05) is 19.1 Å². The Morgan fingerprint density at radius 1 is 1.42 bits per heavy atom. The molecule has 0 aromatic carbocycles. The number of halogens is 1. The molecule has 6 heteroatoms. The molecule has 5 nitrogen and oxygen atoms in total. The Bertz CT molecular complexity index is 539. The molecular formula is C13H16BrN3O2. The summed E-state index contributed by atoms with van der Waals surface area (Å²) in [7, 11) is 1.64. The Hall–Kier alpha value is -1.24. The first-order valence-electron chi connectivity index (χ1n) is 5.94. The zero-order valence-corrected chi connectivity index (χ0v) is 12.5. The maximum Gasteiger partial charge on any atom is 0.123 e. The van der Waals surface area contributed by atoms with Gasteiger partial charge in [-0.3, -0.25) is 9.67 Å². The molecule has 0 aliphatic rings. The smallest absolute Gasteiger partial charge is 0.123 e. The summed E-state index contributed by atoms with van der Waals surface area (Å²) in [5.74, 6) is 0. The van der Waals surface area contributed by atoms with Gasteiger partial charge in [-0.25, -0.2) is 0 Å². The van der Waals surface area contributed by atoms with Gasteiger partial charge in [-0.1, -0.05) is 6.07 Å². The number of methoxy groups -OCH3 is 1. The summed E-state index contributed by atoms with van der Waals surface area (Å²) >= 11 is 3.42. The van der Waals surface area contributed by atoms with E-state index < -0.39 is 6.10 Å². The third-order valence-electron chi connectivity index (χ3n) is 2.85. The van der Waals surface area contributed by atoms with Crippen molar-refractivity contribution in [2.24, 2.45) is 0 Å². The second kappa shape index (κ2) is 6.27. The van der Waals surface area contributed by atoms with Crippen molar-refractivity contribution >= 4 is 15.9 Å². The molecule has 0 amide bonds. The van der Waals surface area contributed by atoms with Gasteiger partial charge in [0, 0.05) is 24.6 Å². The van der Waals surface area contributed by atoms with Crippen LogP contribution in [0.15, 0.2) is 29.0 Å². The molecule has 1 N–H and O–H groups in total. The first kappa shape index (κ1) is 14.2. The van der Waals surface area contributed by atoms with Crippen molar-refractivity contribution < 1.29 is 9.84 Å². The number of aliphatic hydroxyl groups is 1. The fourth-order valence-electron chi connectivity index (χ4n) is 1.80. The van der Waals surface area contributed by atoms with Crippen molar-refractivity contribution in [3.05, 3.63) is 46.0 Å². The van der Waals surface area contributed by atoms with Crippen molar-refractivity contribution in [3.8, 4) is 0 Å². The predicted molar refractivity (Wildman–Crippen MR) is 74.8 cm³/mol. The largest absolute Gasteiger partial charge is 0.383 e. The lowest BCUT2D eigenvalue weighted by Crippen LogP contribution is -2.13.